The third-order valence-electron chi connectivity index (χ3n) is 5.17. The van der Waals surface area contributed by atoms with E-state index in [1.807, 2.05) is 36.4 Å². The van der Waals surface area contributed by atoms with Crippen molar-refractivity contribution >= 4 is 0 Å². The summed E-state index contributed by atoms with van der Waals surface area (Å²) in [5.41, 5.74) is 1.82. The smallest absolute Gasteiger partial charge is 0.161 e. The zero-order valence-corrected chi connectivity index (χ0v) is 16.5. The lowest BCUT2D eigenvalue weighted by molar-refractivity contribution is -0.0974. The molecule has 1 aromatic carbocycles. The molecule has 0 amide bonds. The Hall–Kier alpha value is -2.81. The highest BCUT2D eigenvalue weighted by molar-refractivity contribution is 5.51. The Kier molecular flexibility index (Phi) is 5.84. The van der Waals surface area contributed by atoms with Crippen molar-refractivity contribution in [2.24, 2.45) is 0 Å². The molecular weight excluding hydrogens is 374 g/mol. The molecule has 0 radical (unpaired) electrons. The van der Waals surface area contributed by atoms with Crippen molar-refractivity contribution in [2.75, 3.05) is 34.0 Å². The Morgan fingerprint density at radius 3 is 2.76 bits per heavy atom. The van der Waals surface area contributed by atoms with Crippen LogP contribution in [0.15, 0.2) is 47.0 Å². The molecule has 1 saturated heterocycles. The van der Waals surface area contributed by atoms with Gasteiger partial charge in [-0.15, -0.1) is 0 Å². The number of H-pyrrole nitrogens is 1. The number of aromatic amines is 1. The van der Waals surface area contributed by atoms with Crippen LogP contribution in [0.5, 0.6) is 11.5 Å². The Morgan fingerprint density at radius 1 is 1.17 bits per heavy atom. The molecule has 2 N–H and O–H groups in total. The van der Waals surface area contributed by atoms with E-state index < -0.39 is 0 Å². The van der Waals surface area contributed by atoms with Crippen LogP contribution in [0.3, 0.4) is 0 Å². The van der Waals surface area contributed by atoms with Crippen molar-refractivity contribution < 1.29 is 23.7 Å². The van der Waals surface area contributed by atoms with Gasteiger partial charge < -0.3 is 23.7 Å². The van der Waals surface area contributed by atoms with Gasteiger partial charge in [0, 0.05) is 12.7 Å². The normalized spacial score (nSPS) is 20.0. The number of aliphatic hydroxyl groups is 1. The van der Waals surface area contributed by atoms with E-state index in [-0.39, 0.29) is 18.8 Å². The SMILES string of the molecule is COc1ccc([C@@H]2[C@@H](CO)OCCN2Cc2ccc(-c3ccn[nH]3)o2)cc1OC. The second-order valence-electron chi connectivity index (χ2n) is 6.86. The van der Waals surface area contributed by atoms with Crippen molar-refractivity contribution in [1.82, 2.24) is 15.1 Å². The first-order chi connectivity index (χ1) is 14.2. The lowest BCUT2D eigenvalue weighted by atomic mass is 9.97. The Labute approximate surface area is 169 Å². The minimum absolute atomic E-state index is 0.0763. The Balaban J connectivity index is 1.61. The molecule has 1 fully saturated rings. The van der Waals surface area contributed by atoms with Crippen LogP contribution in [-0.4, -0.2) is 60.3 Å². The minimum atomic E-state index is -0.344. The molecule has 154 valence electrons. The van der Waals surface area contributed by atoms with Crippen molar-refractivity contribution in [2.45, 2.75) is 18.7 Å². The van der Waals surface area contributed by atoms with E-state index in [9.17, 15) is 5.11 Å². The zero-order chi connectivity index (χ0) is 20.2. The molecular formula is C21H25N3O5. The lowest BCUT2D eigenvalue weighted by Crippen LogP contribution is -2.46. The van der Waals surface area contributed by atoms with Gasteiger partial charge in [-0.25, -0.2) is 0 Å². The first kappa shape index (κ1) is 19.5. The Bertz CT molecular complexity index is 924. The maximum Gasteiger partial charge on any atom is 0.161 e. The lowest BCUT2D eigenvalue weighted by Gasteiger charge is -2.40. The molecule has 0 bridgehead atoms. The predicted molar refractivity (Wildman–Crippen MR) is 106 cm³/mol. The topological polar surface area (TPSA) is 93.0 Å². The van der Waals surface area contributed by atoms with Crippen molar-refractivity contribution in [1.29, 1.82) is 0 Å². The van der Waals surface area contributed by atoms with E-state index in [4.69, 9.17) is 18.6 Å². The number of aliphatic hydroxyl groups excluding tert-OH is 1. The highest BCUT2D eigenvalue weighted by Gasteiger charge is 2.34. The van der Waals surface area contributed by atoms with Gasteiger partial charge in [0.2, 0.25) is 0 Å². The van der Waals surface area contributed by atoms with Crippen LogP contribution in [0.1, 0.15) is 17.4 Å². The summed E-state index contributed by atoms with van der Waals surface area (Å²) in [6.45, 7) is 1.78. The fourth-order valence-electron chi connectivity index (χ4n) is 3.78. The molecule has 8 heteroatoms. The van der Waals surface area contributed by atoms with Crippen LogP contribution < -0.4 is 9.47 Å². The van der Waals surface area contributed by atoms with Gasteiger partial charge in [-0.05, 0) is 35.9 Å². The molecule has 0 unspecified atom stereocenters. The van der Waals surface area contributed by atoms with Crippen LogP contribution in [0, 0.1) is 0 Å². The van der Waals surface area contributed by atoms with Gasteiger partial charge in [0.1, 0.15) is 17.6 Å². The monoisotopic (exact) mass is 399 g/mol. The van der Waals surface area contributed by atoms with E-state index in [1.165, 1.54) is 0 Å². The number of hydrogen-bond donors (Lipinski definition) is 2. The molecule has 0 saturated carbocycles. The minimum Gasteiger partial charge on any atom is -0.493 e. The summed E-state index contributed by atoms with van der Waals surface area (Å²) in [6, 6.07) is 11.4. The first-order valence-corrected chi connectivity index (χ1v) is 9.50. The second-order valence-corrected chi connectivity index (χ2v) is 6.86. The van der Waals surface area contributed by atoms with Gasteiger partial charge in [0.05, 0.1) is 40.0 Å². The molecule has 3 heterocycles. The molecule has 2 atom stereocenters. The van der Waals surface area contributed by atoms with E-state index in [0.29, 0.717) is 24.7 Å². The molecule has 1 aliphatic heterocycles. The van der Waals surface area contributed by atoms with Crippen molar-refractivity contribution in [3.05, 3.63) is 53.9 Å². The van der Waals surface area contributed by atoms with Crippen LogP contribution in [0.2, 0.25) is 0 Å². The van der Waals surface area contributed by atoms with E-state index in [1.54, 1.807) is 20.4 Å². The first-order valence-electron chi connectivity index (χ1n) is 9.50. The fraction of sp³-hybridized carbons (Fsp3) is 0.381. The summed E-state index contributed by atoms with van der Waals surface area (Å²) < 4.78 is 22.7. The maximum absolute atomic E-state index is 9.92. The number of ether oxygens (including phenoxy) is 3. The van der Waals surface area contributed by atoms with Crippen LogP contribution in [0.4, 0.5) is 0 Å². The zero-order valence-electron chi connectivity index (χ0n) is 16.5. The average molecular weight is 399 g/mol. The van der Waals surface area contributed by atoms with Crippen molar-refractivity contribution in [3.8, 4) is 23.0 Å². The molecule has 0 aliphatic carbocycles. The predicted octanol–water partition coefficient (Wildman–Crippen LogP) is 2.62. The van der Waals surface area contributed by atoms with Gasteiger partial charge in [-0.1, -0.05) is 6.07 Å². The standard InChI is InChI=1S/C21H25N3O5/c1-26-18-5-3-14(11-19(18)27-2)21-20(13-25)28-10-9-24(21)12-15-4-6-17(29-15)16-7-8-22-23-16/h3-8,11,20-21,25H,9-10,12-13H2,1-2H3,(H,22,23)/t20-,21-/m1/s1. The van der Waals surface area contributed by atoms with Gasteiger partial charge in [0.15, 0.2) is 17.3 Å². The Morgan fingerprint density at radius 2 is 2.03 bits per heavy atom. The highest BCUT2D eigenvalue weighted by atomic mass is 16.5. The number of methoxy groups -OCH3 is 2. The number of nitrogens with one attached hydrogen (secondary N) is 1. The number of morpholine rings is 1. The second kappa shape index (κ2) is 8.69. The van der Waals surface area contributed by atoms with Crippen LogP contribution in [0.25, 0.3) is 11.5 Å². The summed E-state index contributed by atoms with van der Waals surface area (Å²) in [7, 11) is 3.22. The number of rotatable bonds is 7. The summed E-state index contributed by atoms with van der Waals surface area (Å²) in [5, 5.41) is 16.8. The number of benzene rings is 1. The van der Waals surface area contributed by atoms with Gasteiger partial charge in [-0.2, -0.15) is 5.10 Å². The molecule has 4 rings (SSSR count). The molecule has 1 aliphatic rings. The summed E-state index contributed by atoms with van der Waals surface area (Å²) >= 11 is 0. The summed E-state index contributed by atoms with van der Waals surface area (Å²) in [5.74, 6) is 2.88. The molecule has 3 aromatic rings. The number of nitrogens with zero attached hydrogens (tertiary/aromatic N) is 2. The average Bonchev–Trinajstić information content (AvgIpc) is 3.45. The summed E-state index contributed by atoms with van der Waals surface area (Å²) in [4.78, 5) is 2.25. The van der Waals surface area contributed by atoms with E-state index in [0.717, 1.165) is 29.3 Å². The summed E-state index contributed by atoms with van der Waals surface area (Å²) in [6.07, 6.45) is 1.35. The number of furan rings is 1. The van der Waals surface area contributed by atoms with Crippen LogP contribution in [-0.2, 0) is 11.3 Å². The number of hydrogen-bond acceptors (Lipinski definition) is 7. The van der Waals surface area contributed by atoms with Crippen molar-refractivity contribution in [3.63, 3.8) is 0 Å². The molecule has 8 nitrogen and oxygen atoms in total. The van der Waals surface area contributed by atoms with Gasteiger partial charge >= 0.3 is 0 Å². The third-order valence-corrected chi connectivity index (χ3v) is 5.17. The van der Waals surface area contributed by atoms with E-state index >= 15 is 0 Å². The largest absolute Gasteiger partial charge is 0.493 e. The third kappa shape index (κ3) is 4.00. The molecule has 29 heavy (non-hydrogen) atoms. The quantitative estimate of drug-likeness (QED) is 0.631. The number of aromatic nitrogens is 2. The maximum atomic E-state index is 9.92. The highest BCUT2D eigenvalue weighted by Crippen LogP contribution is 2.36. The van der Waals surface area contributed by atoms with Gasteiger partial charge in [0.25, 0.3) is 0 Å². The van der Waals surface area contributed by atoms with Gasteiger partial charge in [-0.3, -0.25) is 10.00 Å². The fourth-order valence-corrected chi connectivity index (χ4v) is 3.78. The van der Waals surface area contributed by atoms with Crippen LogP contribution >= 0.6 is 0 Å². The molecule has 2 aromatic heterocycles. The molecule has 0 spiro atoms. The van der Waals surface area contributed by atoms with E-state index in [2.05, 4.69) is 15.1 Å².